The summed E-state index contributed by atoms with van der Waals surface area (Å²) in [7, 11) is 2.23. The molecule has 2 aliphatic heterocycles. The number of nitrogens with zero attached hydrogens (tertiary/aromatic N) is 4. The molecule has 1 atom stereocenters. The van der Waals surface area contributed by atoms with Gasteiger partial charge >= 0.3 is 0 Å². The minimum Gasteiger partial charge on any atom is -0.354 e. The Labute approximate surface area is 173 Å². The molecule has 1 unspecified atom stereocenters. The van der Waals surface area contributed by atoms with Crippen molar-refractivity contribution in [2.45, 2.75) is 25.8 Å². The largest absolute Gasteiger partial charge is 0.354 e. The molecule has 2 aromatic rings. The van der Waals surface area contributed by atoms with Crippen molar-refractivity contribution in [2.75, 3.05) is 56.5 Å². The van der Waals surface area contributed by atoms with Crippen LogP contribution in [0.15, 0.2) is 42.6 Å². The fraction of sp³-hybridized carbons (Fsp3) is 0.478. The highest BCUT2D eigenvalue weighted by Crippen LogP contribution is 2.20. The molecule has 0 radical (unpaired) electrons. The number of piperidine rings is 1. The summed E-state index contributed by atoms with van der Waals surface area (Å²) in [4.78, 5) is 24.4. The first-order valence-electron chi connectivity index (χ1n) is 10.6. The van der Waals surface area contributed by atoms with Gasteiger partial charge in [-0.2, -0.15) is 0 Å². The Morgan fingerprint density at radius 1 is 1.03 bits per heavy atom. The summed E-state index contributed by atoms with van der Waals surface area (Å²) in [6.07, 6.45) is 4.30. The van der Waals surface area contributed by atoms with E-state index in [0.717, 1.165) is 37.7 Å². The maximum atomic E-state index is 12.5. The molecule has 2 fully saturated rings. The SMILES string of the molecule is Cc1ccc(NC(=O)c2ccc(N3CCN(C4CCCN(C)C4)CC3)nc2)cc1. The fourth-order valence-electron chi connectivity index (χ4n) is 4.30. The van der Waals surface area contributed by atoms with Crippen molar-refractivity contribution < 1.29 is 4.79 Å². The van der Waals surface area contributed by atoms with Crippen LogP contribution in [0.1, 0.15) is 28.8 Å². The number of hydrogen-bond donors (Lipinski definition) is 1. The molecule has 0 bridgehead atoms. The van der Waals surface area contributed by atoms with Crippen molar-refractivity contribution in [3.05, 3.63) is 53.7 Å². The lowest BCUT2D eigenvalue weighted by Crippen LogP contribution is -2.54. The number of carbonyl (C=O) groups is 1. The molecule has 3 heterocycles. The Hall–Kier alpha value is -2.44. The summed E-state index contributed by atoms with van der Waals surface area (Å²) < 4.78 is 0. The van der Waals surface area contributed by atoms with Crippen molar-refractivity contribution in [2.24, 2.45) is 0 Å². The standard InChI is InChI=1S/C23H31N5O/c1-18-5-8-20(9-6-18)25-23(29)19-7-10-22(24-16-19)28-14-12-27(13-15-28)21-4-3-11-26(2)17-21/h5-10,16,21H,3-4,11-15,17H2,1-2H3,(H,25,29). The monoisotopic (exact) mass is 393 g/mol. The second kappa shape index (κ2) is 8.93. The molecule has 1 aromatic carbocycles. The molecular formula is C23H31N5O. The number of nitrogens with one attached hydrogen (secondary N) is 1. The number of pyridine rings is 1. The zero-order valence-corrected chi connectivity index (χ0v) is 17.5. The van der Waals surface area contributed by atoms with E-state index in [9.17, 15) is 4.79 Å². The summed E-state index contributed by atoms with van der Waals surface area (Å²) in [5.41, 5.74) is 2.55. The van der Waals surface area contributed by atoms with Gasteiger partial charge in [-0.3, -0.25) is 9.69 Å². The molecule has 1 aromatic heterocycles. The average Bonchev–Trinajstić information content (AvgIpc) is 2.75. The van der Waals surface area contributed by atoms with E-state index in [1.165, 1.54) is 31.5 Å². The maximum Gasteiger partial charge on any atom is 0.257 e. The van der Waals surface area contributed by atoms with E-state index in [4.69, 9.17) is 0 Å². The van der Waals surface area contributed by atoms with Gasteiger partial charge in [0.05, 0.1) is 5.56 Å². The number of anilines is 2. The molecule has 6 nitrogen and oxygen atoms in total. The van der Waals surface area contributed by atoms with E-state index in [1.807, 2.05) is 43.3 Å². The van der Waals surface area contributed by atoms with Crippen molar-refractivity contribution >= 4 is 17.4 Å². The summed E-state index contributed by atoms with van der Waals surface area (Å²) in [6, 6.07) is 12.3. The molecule has 1 N–H and O–H groups in total. The molecule has 2 saturated heterocycles. The van der Waals surface area contributed by atoms with Crippen LogP contribution < -0.4 is 10.2 Å². The quantitative estimate of drug-likeness (QED) is 0.866. The molecule has 1 amide bonds. The van der Waals surface area contributed by atoms with Crippen LogP contribution in [-0.2, 0) is 0 Å². The van der Waals surface area contributed by atoms with Crippen molar-refractivity contribution in [3.8, 4) is 0 Å². The fourth-order valence-corrected chi connectivity index (χ4v) is 4.30. The van der Waals surface area contributed by atoms with E-state index in [-0.39, 0.29) is 5.91 Å². The lowest BCUT2D eigenvalue weighted by Gasteiger charge is -2.43. The maximum absolute atomic E-state index is 12.5. The molecule has 4 rings (SSSR count). The molecule has 6 heteroatoms. The van der Waals surface area contributed by atoms with Gasteiger partial charge in [0.1, 0.15) is 5.82 Å². The number of aryl methyl sites for hydroxylation is 1. The van der Waals surface area contributed by atoms with Crippen LogP contribution in [0.2, 0.25) is 0 Å². The van der Waals surface area contributed by atoms with Crippen LogP contribution in [-0.4, -0.2) is 73.0 Å². The number of likely N-dealkylation sites (tertiary alicyclic amines) is 1. The summed E-state index contributed by atoms with van der Waals surface area (Å²) in [5.74, 6) is 0.830. The zero-order valence-electron chi connectivity index (χ0n) is 17.5. The molecule has 29 heavy (non-hydrogen) atoms. The second-order valence-corrected chi connectivity index (χ2v) is 8.31. The molecule has 0 spiro atoms. The summed E-state index contributed by atoms with van der Waals surface area (Å²) >= 11 is 0. The number of hydrogen-bond acceptors (Lipinski definition) is 5. The van der Waals surface area contributed by atoms with Gasteiger partial charge in [-0.05, 0) is 57.6 Å². The van der Waals surface area contributed by atoms with E-state index >= 15 is 0 Å². The van der Waals surface area contributed by atoms with Crippen LogP contribution >= 0.6 is 0 Å². The van der Waals surface area contributed by atoms with E-state index in [0.29, 0.717) is 11.6 Å². The van der Waals surface area contributed by atoms with Gasteiger partial charge in [-0.15, -0.1) is 0 Å². The molecule has 0 saturated carbocycles. The number of rotatable bonds is 4. The zero-order chi connectivity index (χ0) is 20.2. The Kier molecular flexibility index (Phi) is 6.11. The molecule has 154 valence electrons. The molecular weight excluding hydrogens is 362 g/mol. The third-order valence-electron chi connectivity index (χ3n) is 6.07. The van der Waals surface area contributed by atoms with Gasteiger partial charge in [0.15, 0.2) is 0 Å². The van der Waals surface area contributed by atoms with Gasteiger partial charge in [-0.25, -0.2) is 4.98 Å². The topological polar surface area (TPSA) is 51.7 Å². The van der Waals surface area contributed by atoms with Crippen LogP contribution in [0.25, 0.3) is 0 Å². The van der Waals surface area contributed by atoms with Gasteiger partial charge in [0.2, 0.25) is 0 Å². The van der Waals surface area contributed by atoms with E-state index < -0.39 is 0 Å². The number of benzene rings is 1. The lowest BCUT2D eigenvalue weighted by atomic mass is 10.0. The van der Waals surface area contributed by atoms with Crippen molar-refractivity contribution in [1.29, 1.82) is 0 Å². The predicted octanol–water partition coefficient (Wildman–Crippen LogP) is 2.86. The normalized spacial score (nSPS) is 21.2. The minimum absolute atomic E-state index is 0.126. The number of likely N-dealkylation sites (N-methyl/N-ethyl adjacent to an activating group) is 1. The highest BCUT2D eigenvalue weighted by atomic mass is 16.1. The van der Waals surface area contributed by atoms with Crippen LogP contribution in [0.3, 0.4) is 0 Å². The first-order valence-corrected chi connectivity index (χ1v) is 10.6. The molecule has 0 aliphatic carbocycles. The van der Waals surface area contributed by atoms with Gasteiger partial charge in [-0.1, -0.05) is 17.7 Å². The highest BCUT2D eigenvalue weighted by Gasteiger charge is 2.27. The van der Waals surface area contributed by atoms with Crippen LogP contribution in [0.4, 0.5) is 11.5 Å². The second-order valence-electron chi connectivity index (χ2n) is 8.31. The average molecular weight is 394 g/mol. The minimum atomic E-state index is -0.126. The Morgan fingerprint density at radius 2 is 1.79 bits per heavy atom. The number of amides is 1. The Morgan fingerprint density at radius 3 is 2.45 bits per heavy atom. The Balaban J connectivity index is 1.31. The first-order chi connectivity index (χ1) is 14.1. The summed E-state index contributed by atoms with van der Waals surface area (Å²) in [5, 5.41) is 2.93. The van der Waals surface area contributed by atoms with Crippen LogP contribution in [0.5, 0.6) is 0 Å². The summed E-state index contributed by atoms with van der Waals surface area (Å²) in [6.45, 7) is 8.57. The third-order valence-corrected chi connectivity index (χ3v) is 6.07. The van der Waals surface area contributed by atoms with Crippen molar-refractivity contribution in [3.63, 3.8) is 0 Å². The van der Waals surface area contributed by atoms with Crippen molar-refractivity contribution in [1.82, 2.24) is 14.8 Å². The Bertz CT molecular complexity index is 812. The first kappa shape index (κ1) is 19.9. The number of carbonyl (C=O) groups excluding carboxylic acids is 1. The molecule has 2 aliphatic rings. The highest BCUT2D eigenvalue weighted by molar-refractivity contribution is 6.04. The van der Waals surface area contributed by atoms with Crippen LogP contribution in [0, 0.1) is 6.92 Å². The van der Waals surface area contributed by atoms with Gasteiger partial charge in [0.25, 0.3) is 5.91 Å². The number of aromatic nitrogens is 1. The van der Waals surface area contributed by atoms with Gasteiger partial charge < -0.3 is 15.1 Å². The van der Waals surface area contributed by atoms with E-state index in [1.54, 1.807) is 6.20 Å². The van der Waals surface area contributed by atoms with E-state index in [2.05, 4.69) is 32.0 Å². The van der Waals surface area contributed by atoms with Gasteiger partial charge in [0, 0.05) is 50.6 Å². The third kappa shape index (κ3) is 4.95. The lowest BCUT2D eigenvalue weighted by molar-refractivity contribution is 0.102. The predicted molar refractivity (Wildman–Crippen MR) is 118 cm³/mol. The smallest absolute Gasteiger partial charge is 0.257 e. The number of piperazine rings is 1.